The maximum absolute atomic E-state index is 13.3. The summed E-state index contributed by atoms with van der Waals surface area (Å²) in [6, 6.07) is 17.9. The SMILES string of the molecule is CCN(CC)C(=O)C(c1ccccc1)N1CCN(c2cccc(Cl)c2)CC1. The molecule has 5 heteroatoms. The van der Waals surface area contributed by atoms with Crippen molar-refractivity contribution in [1.29, 1.82) is 0 Å². The maximum atomic E-state index is 13.3. The van der Waals surface area contributed by atoms with Crippen molar-refractivity contribution in [2.45, 2.75) is 19.9 Å². The van der Waals surface area contributed by atoms with Gasteiger partial charge in [-0.15, -0.1) is 0 Å². The molecule has 1 aliphatic rings. The molecule has 4 nitrogen and oxygen atoms in total. The Labute approximate surface area is 167 Å². The Balaban J connectivity index is 1.77. The molecule has 1 unspecified atom stereocenters. The Hall–Kier alpha value is -2.04. The molecule has 1 atom stereocenters. The number of hydrogen-bond donors (Lipinski definition) is 0. The highest BCUT2D eigenvalue weighted by Gasteiger charge is 2.32. The third-order valence-corrected chi connectivity index (χ3v) is 5.51. The molecular formula is C22H28ClN3O. The van der Waals surface area contributed by atoms with Gasteiger partial charge >= 0.3 is 0 Å². The van der Waals surface area contributed by atoms with Crippen molar-refractivity contribution < 1.29 is 4.79 Å². The minimum Gasteiger partial charge on any atom is -0.369 e. The summed E-state index contributed by atoms with van der Waals surface area (Å²) in [7, 11) is 0. The minimum absolute atomic E-state index is 0.197. The number of halogens is 1. The summed E-state index contributed by atoms with van der Waals surface area (Å²) in [6.45, 7) is 9.02. The first-order valence-corrected chi connectivity index (χ1v) is 10.1. The molecule has 1 fully saturated rings. The molecule has 0 aromatic heterocycles. The number of likely N-dealkylation sites (N-methyl/N-ethyl adjacent to an activating group) is 1. The molecule has 1 aliphatic heterocycles. The molecule has 3 rings (SSSR count). The summed E-state index contributed by atoms with van der Waals surface area (Å²) in [6.07, 6.45) is 0. The average molecular weight is 386 g/mol. The Morgan fingerprint density at radius 1 is 1.00 bits per heavy atom. The number of carbonyl (C=O) groups excluding carboxylic acids is 1. The number of hydrogen-bond acceptors (Lipinski definition) is 3. The highest BCUT2D eigenvalue weighted by atomic mass is 35.5. The van der Waals surface area contributed by atoms with Crippen LogP contribution in [0.2, 0.25) is 5.02 Å². The van der Waals surface area contributed by atoms with Gasteiger partial charge in [-0.3, -0.25) is 9.69 Å². The summed E-state index contributed by atoms with van der Waals surface area (Å²) in [5, 5.41) is 0.758. The van der Waals surface area contributed by atoms with Crippen LogP contribution < -0.4 is 4.90 Å². The fourth-order valence-electron chi connectivity index (χ4n) is 3.76. The van der Waals surface area contributed by atoms with Gasteiger partial charge in [0.05, 0.1) is 0 Å². The fraction of sp³-hybridized carbons (Fsp3) is 0.409. The van der Waals surface area contributed by atoms with E-state index in [0.717, 1.165) is 55.5 Å². The van der Waals surface area contributed by atoms with E-state index in [1.165, 1.54) is 0 Å². The first-order valence-electron chi connectivity index (χ1n) is 9.72. The monoisotopic (exact) mass is 385 g/mol. The molecule has 0 spiro atoms. The Morgan fingerprint density at radius 2 is 1.67 bits per heavy atom. The minimum atomic E-state index is -0.215. The van der Waals surface area contributed by atoms with Crippen molar-refractivity contribution in [3.63, 3.8) is 0 Å². The lowest BCUT2D eigenvalue weighted by Gasteiger charge is -2.41. The fourth-order valence-corrected chi connectivity index (χ4v) is 3.95. The highest BCUT2D eigenvalue weighted by molar-refractivity contribution is 6.30. The largest absolute Gasteiger partial charge is 0.369 e. The first-order chi connectivity index (χ1) is 13.1. The van der Waals surface area contributed by atoms with Crippen LogP contribution in [-0.2, 0) is 4.79 Å². The second kappa shape index (κ2) is 9.25. The number of piperazine rings is 1. The predicted molar refractivity (Wildman–Crippen MR) is 112 cm³/mol. The molecular weight excluding hydrogens is 358 g/mol. The number of rotatable bonds is 6. The Bertz CT molecular complexity index is 740. The van der Waals surface area contributed by atoms with Crippen molar-refractivity contribution >= 4 is 23.2 Å². The van der Waals surface area contributed by atoms with Gasteiger partial charge in [-0.2, -0.15) is 0 Å². The van der Waals surface area contributed by atoms with Gasteiger partial charge in [0.15, 0.2) is 0 Å². The zero-order valence-electron chi connectivity index (χ0n) is 16.1. The smallest absolute Gasteiger partial charge is 0.244 e. The van der Waals surface area contributed by atoms with E-state index >= 15 is 0 Å². The number of nitrogens with zero attached hydrogens (tertiary/aromatic N) is 3. The van der Waals surface area contributed by atoms with Crippen LogP contribution >= 0.6 is 11.6 Å². The van der Waals surface area contributed by atoms with E-state index in [0.29, 0.717) is 0 Å². The summed E-state index contributed by atoms with van der Waals surface area (Å²) in [4.78, 5) is 19.8. The molecule has 2 aromatic rings. The number of benzene rings is 2. The molecule has 0 radical (unpaired) electrons. The lowest BCUT2D eigenvalue weighted by Crippen LogP contribution is -2.51. The van der Waals surface area contributed by atoms with Crippen molar-refractivity contribution in [2.24, 2.45) is 0 Å². The van der Waals surface area contributed by atoms with Crippen LogP contribution in [0.4, 0.5) is 5.69 Å². The van der Waals surface area contributed by atoms with Crippen LogP contribution in [0, 0.1) is 0 Å². The van der Waals surface area contributed by atoms with Gasteiger partial charge in [0.25, 0.3) is 0 Å². The zero-order valence-corrected chi connectivity index (χ0v) is 16.9. The second-order valence-electron chi connectivity index (χ2n) is 6.83. The van der Waals surface area contributed by atoms with Gasteiger partial charge in [0.2, 0.25) is 5.91 Å². The van der Waals surface area contributed by atoms with Crippen molar-refractivity contribution in [3.05, 3.63) is 65.2 Å². The van der Waals surface area contributed by atoms with Gasteiger partial charge in [-0.1, -0.05) is 48.0 Å². The Morgan fingerprint density at radius 3 is 2.26 bits per heavy atom. The lowest BCUT2D eigenvalue weighted by atomic mass is 10.0. The third kappa shape index (κ3) is 4.63. The molecule has 1 amide bonds. The number of carbonyl (C=O) groups is 1. The molecule has 27 heavy (non-hydrogen) atoms. The maximum Gasteiger partial charge on any atom is 0.244 e. The van der Waals surface area contributed by atoms with E-state index in [2.05, 4.69) is 28.0 Å². The second-order valence-corrected chi connectivity index (χ2v) is 7.26. The highest BCUT2D eigenvalue weighted by Crippen LogP contribution is 2.27. The van der Waals surface area contributed by atoms with Gasteiger partial charge in [0.1, 0.15) is 6.04 Å². The van der Waals surface area contributed by atoms with E-state index in [1.54, 1.807) is 0 Å². The van der Waals surface area contributed by atoms with E-state index in [-0.39, 0.29) is 11.9 Å². The average Bonchev–Trinajstić information content (AvgIpc) is 2.70. The summed E-state index contributed by atoms with van der Waals surface area (Å²) < 4.78 is 0. The molecule has 0 saturated carbocycles. The summed E-state index contributed by atoms with van der Waals surface area (Å²) in [5.41, 5.74) is 2.22. The van der Waals surface area contributed by atoms with Crippen LogP contribution in [0.15, 0.2) is 54.6 Å². The zero-order chi connectivity index (χ0) is 19.2. The molecule has 1 saturated heterocycles. The molecule has 0 bridgehead atoms. The van der Waals surface area contributed by atoms with Gasteiger partial charge in [0, 0.05) is 50.0 Å². The van der Waals surface area contributed by atoms with Crippen LogP contribution in [0.5, 0.6) is 0 Å². The molecule has 2 aromatic carbocycles. The first kappa shape index (κ1) is 19.7. The van der Waals surface area contributed by atoms with Crippen molar-refractivity contribution in [3.8, 4) is 0 Å². The van der Waals surface area contributed by atoms with Crippen molar-refractivity contribution in [1.82, 2.24) is 9.80 Å². The van der Waals surface area contributed by atoms with Crippen molar-refractivity contribution in [2.75, 3.05) is 44.2 Å². The molecule has 144 valence electrons. The molecule has 1 heterocycles. The van der Waals surface area contributed by atoms with Crippen LogP contribution in [0.3, 0.4) is 0 Å². The van der Waals surface area contributed by atoms with Crippen LogP contribution in [-0.4, -0.2) is 55.0 Å². The summed E-state index contributed by atoms with van der Waals surface area (Å²) >= 11 is 6.14. The van der Waals surface area contributed by atoms with E-state index in [4.69, 9.17) is 11.6 Å². The molecule has 0 aliphatic carbocycles. The van der Waals surface area contributed by atoms with E-state index < -0.39 is 0 Å². The van der Waals surface area contributed by atoms with Gasteiger partial charge < -0.3 is 9.80 Å². The van der Waals surface area contributed by atoms with Gasteiger partial charge in [-0.05, 0) is 37.6 Å². The summed E-state index contributed by atoms with van der Waals surface area (Å²) in [5.74, 6) is 0.197. The van der Waals surface area contributed by atoms with Crippen LogP contribution in [0.25, 0.3) is 0 Å². The lowest BCUT2D eigenvalue weighted by molar-refractivity contribution is -0.137. The quantitative estimate of drug-likeness (QED) is 0.749. The molecule has 0 N–H and O–H groups in total. The predicted octanol–water partition coefficient (Wildman–Crippen LogP) is 4.07. The van der Waals surface area contributed by atoms with E-state index in [9.17, 15) is 4.79 Å². The Kier molecular flexibility index (Phi) is 6.75. The number of amides is 1. The van der Waals surface area contributed by atoms with Crippen LogP contribution in [0.1, 0.15) is 25.5 Å². The standard InChI is InChI=1S/C22H28ClN3O/c1-3-24(4-2)22(27)21(18-9-6-5-7-10-18)26-15-13-25(14-16-26)20-12-8-11-19(23)17-20/h5-12,17,21H,3-4,13-16H2,1-2H3. The van der Waals surface area contributed by atoms with Gasteiger partial charge in [-0.25, -0.2) is 0 Å². The third-order valence-electron chi connectivity index (χ3n) is 5.28. The van der Waals surface area contributed by atoms with E-state index in [1.807, 2.05) is 55.1 Å². The number of anilines is 1. The topological polar surface area (TPSA) is 26.8 Å². The normalized spacial score (nSPS) is 16.2.